The minimum Gasteiger partial charge on any atom is -0.312 e. The van der Waals surface area contributed by atoms with Gasteiger partial charge in [0.05, 0.1) is 0 Å². The zero-order chi connectivity index (χ0) is 9.36. The molecule has 1 N–H and O–H groups in total. The van der Waals surface area contributed by atoms with E-state index in [1.54, 1.807) is 0 Å². The van der Waals surface area contributed by atoms with E-state index in [-0.39, 0.29) is 0 Å². The number of alkyl halides is 1. The number of nitrogens with one attached hydrogen (secondary N) is 1. The van der Waals surface area contributed by atoms with Gasteiger partial charge in [-0.15, -0.1) is 11.6 Å². The van der Waals surface area contributed by atoms with Crippen LogP contribution in [0.3, 0.4) is 0 Å². The van der Waals surface area contributed by atoms with Crippen LogP contribution in [0.25, 0.3) is 6.08 Å². The maximum absolute atomic E-state index is 5.51. The van der Waals surface area contributed by atoms with Crippen molar-refractivity contribution in [2.75, 3.05) is 19.0 Å². The van der Waals surface area contributed by atoms with Gasteiger partial charge in [-0.25, -0.2) is 0 Å². The average molecular weight is 196 g/mol. The van der Waals surface area contributed by atoms with Crippen molar-refractivity contribution < 1.29 is 0 Å². The predicted molar refractivity (Wildman–Crippen MR) is 59.1 cm³/mol. The molecule has 0 atom stereocenters. The Balaban J connectivity index is 2.25. The molecule has 0 fully saturated rings. The average Bonchev–Trinajstić information content (AvgIpc) is 2.19. The minimum atomic E-state index is 0.666. The molecule has 0 aliphatic carbocycles. The molecule has 0 amide bonds. The largest absolute Gasteiger partial charge is 0.312 e. The molecule has 0 bridgehead atoms. The number of halogens is 1. The number of benzene rings is 1. The van der Waals surface area contributed by atoms with Crippen molar-refractivity contribution in [3.63, 3.8) is 0 Å². The highest BCUT2D eigenvalue weighted by molar-refractivity contribution is 6.18. The van der Waals surface area contributed by atoms with Gasteiger partial charge in [0.25, 0.3) is 0 Å². The van der Waals surface area contributed by atoms with Crippen molar-refractivity contribution in [3.05, 3.63) is 42.0 Å². The molecule has 1 rings (SSSR count). The van der Waals surface area contributed by atoms with E-state index >= 15 is 0 Å². The van der Waals surface area contributed by atoms with Crippen LogP contribution in [0.1, 0.15) is 5.56 Å². The van der Waals surface area contributed by atoms with Gasteiger partial charge in [-0.3, -0.25) is 0 Å². The van der Waals surface area contributed by atoms with Gasteiger partial charge in [0.2, 0.25) is 0 Å². The summed E-state index contributed by atoms with van der Waals surface area (Å²) in [4.78, 5) is 0. The van der Waals surface area contributed by atoms with Crippen LogP contribution in [-0.2, 0) is 0 Å². The molecule has 0 spiro atoms. The highest BCUT2D eigenvalue weighted by Gasteiger charge is 1.82. The molecule has 1 aromatic rings. The Labute approximate surface area is 84.4 Å². The first kappa shape index (κ1) is 10.3. The lowest BCUT2D eigenvalue weighted by Gasteiger charge is -1.95. The van der Waals surface area contributed by atoms with Crippen LogP contribution in [0.15, 0.2) is 36.4 Å². The molecule has 2 heteroatoms. The third kappa shape index (κ3) is 4.71. The summed E-state index contributed by atoms with van der Waals surface area (Å²) < 4.78 is 0. The first-order chi connectivity index (χ1) is 6.43. The Morgan fingerprint density at radius 3 is 2.69 bits per heavy atom. The van der Waals surface area contributed by atoms with Crippen LogP contribution in [0, 0.1) is 0 Å². The van der Waals surface area contributed by atoms with Crippen LogP contribution in [0.2, 0.25) is 0 Å². The van der Waals surface area contributed by atoms with Crippen molar-refractivity contribution >= 4 is 17.7 Å². The van der Waals surface area contributed by atoms with Gasteiger partial charge in [0, 0.05) is 19.0 Å². The van der Waals surface area contributed by atoms with Gasteiger partial charge in [0.15, 0.2) is 0 Å². The Bertz CT molecular complexity index is 244. The zero-order valence-corrected chi connectivity index (χ0v) is 8.30. The Hall–Kier alpha value is -0.790. The maximum Gasteiger partial charge on any atom is 0.0348 e. The third-order valence-electron chi connectivity index (χ3n) is 1.64. The quantitative estimate of drug-likeness (QED) is 0.563. The van der Waals surface area contributed by atoms with Gasteiger partial charge in [0.1, 0.15) is 0 Å². The van der Waals surface area contributed by atoms with E-state index < -0.39 is 0 Å². The topological polar surface area (TPSA) is 12.0 Å². The second kappa shape index (κ2) is 6.70. The summed E-state index contributed by atoms with van der Waals surface area (Å²) in [5.41, 5.74) is 1.23. The zero-order valence-electron chi connectivity index (χ0n) is 7.54. The third-order valence-corrected chi connectivity index (χ3v) is 1.83. The Morgan fingerprint density at radius 1 is 1.23 bits per heavy atom. The van der Waals surface area contributed by atoms with Gasteiger partial charge >= 0.3 is 0 Å². The van der Waals surface area contributed by atoms with Gasteiger partial charge in [-0.1, -0.05) is 42.5 Å². The van der Waals surface area contributed by atoms with Crippen LogP contribution in [0.5, 0.6) is 0 Å². The number of hydrogen-bond acceptors (Lipinski definition) is 1. The fourth-order valence-electron chi connectivity index (χ4n) is 1.01. The summed E-state index contributed by atoms with van der Waals surface area (Å²) in [7, 11) is 0. The lowest BCUT2D eigenvalue weighted by Crippen LogP contribution is -2.15. The summed E-state index contributed by atoms with van der Waals surface area (Å²) >= 11 is 5.51. The molecule has 0 saturated carbocycles. The molecule has 0 heterocycles. The number of hydrogen-bond donors (Lipinski definition) is 1. The van der Waals surface area contributed by atoms with E-state index in [0.717, 1.165) is 13.1 Å². The molecule has 0 aromatic heterocycles. The molecule has 1 aromatic carbocycles. The van der Waals surface area contributed by atoms with Crippen LogP contribution in [0.4, 0.5) is 0 Å². The SMILES string of the molecule is ClCCNC/C=C/c1ccccc1. The van der Waals surface area contributed by atoms with Gasteiger partial charge < -0.3 is 5.32 Å². The Kier molecular flexibility index (Phi) is 5.30. The van der Waals surface area contributed by atoms with E-state index in [0.29, 0.717) is 5.88 Å². The summed E-state index contributed by atoms with van der Waals surface area (Å²) in [6, 6.07) is 10.2. The normalized spacial score (nSPS) is 10.8. The van der Waals surface area contributed by atoms with Crippen molar-refractivity contribution in [2.45, 2.75) is 0 Å². The molecular formula is C11H14ClN. The first-order valence-corrected chi connectivity index (χ1v) is 4.95. The molecule has 70 valence electrons. The Morgan fingerprint density at radius 2 is 2.00 bits per heavy atom. The molecule has 0 aliphatic rings. The lowest BCUT2D eigenvalue weighted by atomic mass is 10.2. The molecule has 13 heavy (non-hydrogen) atoms. The molecule has 0 radical (unpaired) electrons. The van der Waals surface area contributed by atoms with Gasteiger partial charge in [-0.2, -0.15) is 0 Å². The predicted octanol–water partition coefficient (Wildman–Crippen LogP) is 2.53. The van der Waals surface area contributed by atoms with Crippen molar-refractivity contribution in [1.82, 2.24) is 5.32 Å². The molecule has 1 nitrogen and oxygen atoms in total. The van der Waals surface area contributed by atoms with Crippen molar-refractivity contribution in [1.29, 1.82) is 0 Å². The van der Waals surface area contributed by atoms with E-state index in [1.165, 1.54) is 5.56 Å². The maximum atomic E-state index is 5.51. The molecular weight excluding hydrogens is 182 g/mol. The fourth-order valence-corrected chi connectivity index (χ4v) is 1.14. The standard InChI is InChI=1S/C11H14ClN/c12-8-10-13-9-4-7-11-5-2-1-3-6-11/h1-7,13H,8-10H2/b7-4+. The van der Waals surface area contributed by atoms with E-state index in [2.05, 4.69) is 29.6 Å². The smallest absolute Gasteiger partial charge is 0.0348 e. The highest BCUT2D eigenvalue weighted by Crippen LogP contribution is 1.99. The van der Waals surface area contributed by atoms with E-state index in [4.69, 9.17) is 11.6 Å². The van der Waals surface area contributed by atoms with Crippen LogP contribution in [-0.4, -0.2) is 19.0 Å². The molecule has 0 unspecified atom stereocenters. The lowest BCUT2D eigenvalue weighted by molar-refractivity contribution is 0.805. The van der Waals surface area contributed by atoms with E-state index in [9.17, 15) is 0 Å². The summed E-state index contributed by atoms with van der Waals surface area (Å²) in [6.07, 6.45) is 4.20. The van der Waals surface area contributed by atoms with Crippen molar-refractivity contribution in [3.8, 4) is 0 Å². The highest BCUT2D eigenvalue weighted by atomic mass is 35.5. The van der Waals surface area contributed by atoms with Gasteiger partial charge in [-0.05, 0) is 5.56 Å². The van der Waals surface area contributed by atoms with Crippen molar-refractivity contribution in [2.24, 2.45) is 0 Å². The fraction of sp³-hybridized carbons (Fsp3) is 0.273. The second-order valence-electron chi connectivity index (χ2n) is 2.71. The van der Waals surface area contributed by atoms with Crippen LogP contribution < -0.4 is 5.32 Å². The summed E-state index contributed by atoms with van der Waals surface area (Å²) in [5, 5.41) is 3.19. The number of rotatable bonds is 5. The van der Waals surface area contributed by atoms with Crippen LogP contribution >= 0.6 is 11.6 Å². The second-order valence-corrected chi connectivity index (χ2v) is 3.08. The van der Waals surface area contributed by atoms with E-state index in [1.807, 2.05) is 18.2 Å². The molecule has 0 saturated heterocycles. The first-order valence-electron chi connectivity index (χ1n) is 4.42. The molecule has 0 aliphatic heterocycles. The minimum absolute atomic E-state index is 0.666. The summed E-state index contributed by atoms with van der Waals surface area (Å²) in [5.74, 6) is 0.666. The summed E-state index contributed by atoms with van der Waals surface area (Å²) in [6.45, 7) is 1.74. The monoisotopic (exact) mass is 195 g/mol.